The molecule has 0 bridgehead atoms. The molecule has 1 atom stereocenters. The van der Waals surface area contributed by atoms with Crippen LogP contribution >= 0.6 is 11.6 Å². The van der Waals surface area contributed by atoms with Gasteiger partial charge in [-0.05, 0) is 26.8 Å². The largest absolute Gasteiger partial charge is 0.342 e. The van der Waals surface area contributed by atoms with E-state index in [2.05, 4.69) is 15.5 Å². The number of aromatic nitrogens is 4. The van der Waals surface area contributed by atoms with E-state index >= 15 is 0 Å². The summed E-state index contributed by atoms with van der Waals surface area (Å²) in [5.74, 6) is -0.291. The number of nitrogens with one attached hydrogen (secondary N) is 1. The Morgan fingerprint density at radius 2 is 2.05 bits per heavy atom. The van der Waals surface area contributed by atoms with E-state index in [0.29, 0.717) is 11.6 Å². The Balaban J connectivity index is 2.08. The third-order valence-electron chi connectivity index (χ3n) is 3.03. The van der Waals surface area contributed by atoms with E-state index in [4.69, 9.17) is 11.6 Å². The van der Waals surface area contributed by atoms with Crippen molar-refractivity contribution in [3.05, 3.63) is 34.9 Å². The van der Waals surface area contributed by atoms with Gasteiger partial charge in [-0.1, -0.05) is 11.6 Å². The lowest BCUT2D eigenvalue weighted by Crippen LogP contribution is -2.27. The minimum Gasteiger partial charge on any atom is -0.342 e. The highest BCUT2D eigenvalue weighted by Gasteiger charge is 2.19. The van der Waals surface area contributed by atoms with Crippen molar-refractivity contribution in [2.24, 2.45) is 0 Å². The van der Waals surface area contributed by atoms with Crippen LogP contribution in [0.1, 0.15) is 43.0 Å². The molecule has 2 rings (SSSR count). The molecule has 0 spiro atoms. The summed E-state index contributed by atoms with van der Waals surface area (Å²) in [6, 6.07) is 1.69. The predicted molar refractivity (Wildman–Crippen MR) is 76.7 cm³/mol. The Labute approximate surface area is 122 Å². The monoisotopic (exact) mass is 295 g/mol. The van der Waals surface area contributed by atoms with E-state index in [1.54, 1.807) is 10.9 Å². The molecule has 0 aliphatic rings. The molecule has 6 nitrogen and oxygen atoms in total. The average molecular weight is 296 g/mol. The summed E-state index contributed by atoms with van der Waals surface area (Å²) in [5.41, 5.74) is 1.06. The molecule has 20 heavy (non-hydrogen) atoms. The number of nitrogens with zero attached hydrogens (tertiary/aromatic N) is 4. The molecule has 0 aliphatic heterocycles. The Morgan fingerprint density at radius 3 is 2.60 bits per heavy atom. The van der Waals surface area contributed by atoms with Crippen LogP contribution in [0.5, 0.6) is 0 Å². The van der Waals surface area contributed by atoms with Crippen LogP contribution in [0.15, 0.2) is 18.5 Å². The number of halogens is 1. The van der Waals surface area contributed by atoms with Gasteiger partial charge in [0, 0.05) is 25.5 Å². The van der Waals surface area contributed by atoms with Crippen molar-refractivity contribution in [1.29, 1.82) is 0 Å². The number of amides is 1. The van der Waals surface area contributed by atoms with Gasteiger partial charge in [0.25, 0.3) is 5.91 Å². The van der Waals surface area contributed by atoms with Gasteiger partial charge in [0.15, 0.2) is 5.69 Å². The van der Waals surface area contributed by atoms with Crippen LogP contribution in [0, 0.1) is 0 Å². The molecule has 7 heteroatoms. The smallest absolute Gasteiger partial charge is 0.273 e. The van der Waals surface area contributed by atoms with E-state index < -0.39 is 0 Å². The Hall–Kier alpha value is -1.82. The Kier molecular flexibility index (Phi) is 4.44. The molecule has 0 aliphatic carbocycles. The summed E-state index contributed by atoms with van der Waals surface area (Å²) < 4.78 is 3.45. The predicted octanol–water partition coefficient (Wildman–Crippen LogP) is 2.26. The van der Waals surface area contributed by atoms with Gasteiger partial charge in [-0.3, -0.25) is 14.2 Å². The molecule has 1 unspecified atom stereocenters. The zero-order valence-electron chi connectivity index (χ0n) is 11.8. The van der Waals surface area contributed by atoms with Gasteiger partial charge in [-0.2, -0.15) is 10.2 Å². The lowest BCUT2D eigenvalue weighted by atomic mass is 10.2. The van der Waals surface area contributed by atoms with E-state index in [9.17, 15) is 4.79 Å². The molecule has 2 aromatic rings. The maximum absolute atomic E-state index is 12.1. The topological polar surface area (TPSA) is 64.7 Å². The fourth-order valence-corrected chi connectivity index (χ4v) is 2.07. The van der Waals surface area contributed by atoms with Gasteiger partial charge in [-0.15, -0.1) is 0 Å². The highest BCUT2D eigenvalue weighted by Crippen LogP contribution is 2.16. The SMILES string of the molecule is CCn1ccc(C(C)NC(=O)c2nn(CC)cc2Cl)n1. The van der Waals surface area contributed by atoms with Crippen molar-refractivity contribution in [3.63, 3.8) is 0 Å². The van der Waals surface area contributed by atoms with E-state index in [1.165, 1.54) is 0 Å². The fourth-order valence-electron chi connectivity index (χ4n) is 1.84. The molecule has 0 saturated heterocycles. The van der Waals surface area contributed by atoms with Gasteiger partial charge < -0.3 is 5.32 Å². The average Bonchev–Trinajstić information content (AvgIpc) is 3.04. The van der Waals surface area contributed by atoms with E-state index in [-0.39, 0.29) is 17.6 Å². The maximum atomic E-state index is 12.1. The molecule has 108 valence electrons. The first-order valence-corrected chi connectivity index (χ1v) is 7.00. The van der Waals surface area contributed by atoms with Gasteiger partial charge in [0.05, 0.1) is 16.8 Å². The zero-order valence-corrected chi connectivity index (χ0v) is 12.6. The molecule has 0 aromatic carbocycles. The van der Waals surface area contributed by atoms with Crippen LogP contribution in [0.3, 0.4) is 0 Å². The summed E-state index contributed by atoms with van der Waals surface area (Å²) in [6.45, 7) is 7.30. The summed E-state index contributed by atoms with van der Waals surface area (Å²) in [4.78, 5) is 12.1. The van der Waals surface area contributed by atoms with Crippen LogP contribution < -0.4 is 5.32 Å². The third-order valence-corrected chi connectivity index (χ3v) is 3.31. The number of hydrogen-bond donors (Lipinski definition) is 1. The van der Waals surface area contributed by atoms with Crippen LogP contribution in [-0.2, 0) is 13.1 Å². The second-order valence-electron chi connectivity index (χ2n) is 4.47. The summed E-state index contributed by atoms with van der Waals surface area (Å²) in [7, 11) is 0. The second kappa shape index (κ2) is 6.09. The van der Waals surface area contributed by atoms with Crippen molar-refractivity contribution in [2.75, 3.05) is 0 Å². The first-order valence-electron chi connectivity index (χ1n) is 6.62. The van der Waals surface area contributed by atoms with Gasteiger partial charge in [-0.25, -0.2) is 0 Å². The highest BCUT2D eigenvalue weighted by molar-refractivity contribution is 6.33. The lowest BCUT2D eigenvalue weighted by molar-refractivity contribution is 0.0933. The van der Waals surface area contributed by atoms with Gasteiger partial charge in [0.2, 0.25) is 0 Å². The van der Waals surface area contributed by atoms with Gasteiger partial charge in [0.1, 0.15) is 0 Å². The molecular formula is C13H18ClN5O. The number of aryl methyl sites for hydroxylation is 2. The molecular weight excluding hydrogens is 278 g/mol. The Morgan fingerprint density at radius 1 is 1.35 bits per heavy atom. The molecule has 2 aromatic heterocycles. The molecule has 0 fully saturated rings. The van der Waals surface area contributed by atoms with Crippen LogP contribution in [0.2, 0.25) is 5.02 Å². The summed E-state index contributed by atoms with van der Waals surface area (Å²) >= 11 is 6.01. The van der Waals surface area contributed by atoms with Crippen molar-refractivity contribution >= 4 is 17.5 Å². The lowest BCUT2D eigenvalue weighted by Gasteiger charge is -2.10. The summed E-state index contributed by atoms with van der Waals surface area (Å²) in [5, 5.41) is 11.7. The van der Waals surface area contributed by atoms with Crippen molar-refractivity contribution in [3.8, 4) is 0 Å². The zero-order chi connectivity index (χ0) is 14.7. The Bertz CT molecular complexity index is 604. The maximum Gasteiger partial charge on any atom is 0.273 e. The third kappa shape index (κ3) is 3.01. The number of rotatable bonds is 5. The quantitative estimate of drug-likeness (QED) is 0.920. The van der Waals surface area contributed by atoms with E-state index in [0.717, 1.165) is 12.2 Å². The molecule has 0 radical (unpaired) electrons. The standard InChI is InChI=1S/C13H18ClN5O/c1-4-18-7-6-11(16-18)9(3)15-13(20)12-10(14)8-19(5-2)17-12/h6-9H,4-5H2,1-3H3,(H,15,20). The number of carbonyl (C=O) groups is 1. The van der Waals surface area contributed by atoms with Crippen LogP contribution in [0.4, 0.5) is 0 Å². The van der Waals surface area contributed by atoms with Crippen LogP contribution in [0.25, 0.3) is 0 Å². The first-order chi connectivity index (χ1) is 9.55. The first kappa shape index (κ1) is 14.6. The molecule has 1 N–H and O–H groups in total. The van der Waals surface area contributed by atoms with Crippen LogP contribution in [-0.4, -0.2) is 25.5 Å². The highest BCUT2D eigenvalue weighted by atomic mass is 35.5. The molecule has 2 heterocycles. The number of hydrogen-bond acceptors (Lipinski definition) is 3. The van der Waals surface area contributed by atoms with Crippen molar-refractivity contribution in [1.82, 2.24) is 24.9 Å². The van der Waals surface area contributed by atoms with E-state index in [1.807, 2.05) is 37.7 Å². The molecule has 1 amide bonds. The molecule has 0 saturated carbocycles. The second-order valence-corrected chi connectivity index (χ2v) is 4.88. The van der Waals surface area contributed by atoms with Crippen molar-refractivity contribution in [2.45, 2.75) is 39.9 Å². The summed E-state index contributed by atoms with van der Waals surface area (Å²) in [6.07, 6.45) is 3.53. The minimum atomic E-state index is -0.291. The number of carbonyl (C=O) groups excluding carboxylic acids is 1. The normalized spacial score (nSPS) is 12.4. The van der Waals surface area contributed by atoms with Crippen molar-refractivity contribution < 1.29 is 4.79 Å². The van der Waals surface area contributed by atoms with Gasteiger partial charge >= 0.3 is 0 Å². The fraction of sp³-hybridized carbons (Fsp3) is 0.462. The minimum absolute atomic E-state index is 0.196.